The van der Waals surface area contributed by atoms with Gasteiger partial charge < -0.3 is 24.4 Å². The number of nitrogens with zero attached hydrogens (tertiary/aromatic N) is 2. The summed E-state index contributed by atoms with van der Waals surface area (Å²) in [6.07, 6.45) is -0.706. The molecule has 2 N–H and O–H groups in total. The molecule has 216 valence electrons. The number of hydrogen-bond donors (Lipinski definition) is 2. The molecule has 9 nitrogen and oxygen atoms in total. The van der Waals surface area contributed by atoms with E-state index < -0.39 is 12.2 Å². The van der Waals surface area contributed by atoms with E-state index in [0.717, 1.165) is 16.7 Å². The molecule has 2 aliphatic heterocycles. The standard InChI is InChI=1S/C31H35ClN4O5/c1-19(2)41-26-17-24(40-4)12-13-25(26)30-34-28(21-6-5-7-23(16-21)39-3)29(20-8-10-22(32)11-9-20)36(30)31(38)35-15-14-33-27(37)18-35/h5-13,16-17,19,28-30,34H,14-15,18H2,1-4H3,(H,33,37)/t28-,29+,30?/m0/s1. The number of benzene rings is 3. The fraction of sp³-hybridized carbons (Fsp3) is 0.355. The summed E-state index contributed by atoms with van der Waals surface area (Å²) < 4.78 is 17.3. The van der Waals surface area contributed by atoms with Crippen LogP contribution in [-0.2, 0) is 4.79 Å². The molecule has 3 atom stereocenters. The van der Waals surface area contributed by atoms with Crippen LogP contribution in [0.3, 0.4) is 0 Å². The van der Waals surface area contributed by atoms with Crippen LogP contribution in [0.15, 0.2) is 66.7 Å². The van der Waals surface area contributed by atoms with Gasteiger partial charge in [-0.05, 0) is 61.4 Å². The molecule has 2 fully saturated rings. The Kier molecular flexibility index (Phi) is 8.56. The summed E-state index contributed by atoms with van der Waals surface area (Å²) in [5.41, 5.74) is 2.62. The van der Waals surface area contributed by atoms with Gasteiger partial charge in [0.25, 0.3) is 0 Å². The summed E-state index contributed by atoms with van der Waals surface area (Å²) >= 11 is 6.28. The van der Waals surface area contributed by atoms with Crippen molar-refractivity contribution in [1.29, 1.82) is 0 Å². The third-order valence-corrected chi connectivity index (χ3v) is 7.56. The highest BCUT2D eigenvalue weighted by molar-refractivity contribution is 6.30. The molecule has 3 amide bonds. The summed E-state index contributed by atoms with van der Waals surface area (Å²) in [6.45, 7) is 4.69. The topological polar surface area (TPSA) is 92.4 Å². The van der Waals surface area contributed by atoms with Gasteiger partial charge in [0.15, 0.2) is 0 Å². The second-order valence-corrected chi connectivity index (χ2v) is 10.8. The number of rotatable bonds is 7. The van der Waals surface area contributed by atoms with E-state index >= 15 is 0 Å². The van der Waals surface area contributed by atoms with Crippen LogP contribution in [-0.4, -0.2) is 61.7 Å². The normalized spacial score (nSPS) is 20.6. The van der Waals surface area contributed by atoms with E-state index in [2.05, 4.69) is 10.6 Å². The fourth-order valence-electron chi connectivity index (χ4n) is 5.45. The Bertz CT molecular complexity index is 1400. The molecule has 0 aliphatic carbocycles. The molecule has 3 aromatic rings. The molecular weight excluding hydrogens is 544 g/mol. The Morgan fingerprint density at radius 3 is 2.39 bits per heavy atom. The number of carbonyl (C=O) groups excluding carboxylic acids is 2. The van der Waals surface area contributed by atoms with Crippen molar-refractivity contribution in [1.82, 2.24) is 20.4 Å². The average Bonchev–Trinajstić information content (AvgIpc) is 3.37. The van der Waals surface area contributed by atoms with Crippen LogP contribution in [0.25, 0.3) is 0 Å². The van der Waals surface area contributed by atoms with Gasteiger partial charge >= 0.3 is 6.03 Å². The lowest BCUT2D eigenvalue weighted by atomic mass is 9.94. The van der Waals surface area contributed by atoms with Gasteiger partial charge in [-0.15, -0.1) is 0 Å². The van der Waals surface area contributed by atoms with E-state index in [-0.39, 0.29) is 30.6 Å². The lowest BCUT2D eigenvalue weighted by Crippen LogP contribution is -2.54. The minimum Gasteiger partial charge on any atom is -0.497 e. The highest BCUT2D eigenvalue weighted by Gasteiger charge is 2.48. The molecule has 0 saturated carbocycles. The van der Waals surface area contributed by atoms with Crippen LogP contribution in [0.4, 0.5) is 4.79 Å². The Labute approximate surface area is 245 Å². The maximum Gasteiger partial charge on any atom is 0.322 e. The van der Waals surface area contributed by atoms with Crippen molar-refractivity contribution in [2.75, 3.05) is 33.9 Å². The molecule has 2 saturated heterocycles. The Morgan fingerprint density at radius 2 is 1.71 bits per heavy atom. The third kappa shape index (κ3) is 6.06. The predicted molar refractivity (Wildman–Crippen MR) is 156 cm³/mol. The van der Waals surface area contributed by atoms with Gasteiger partial charge in [-0.25, -0.2) is 4.79 Å². The highest BCUT2D eigenvalue weighted by atomic mass is 35.5. The molecule has 0 bridgehead atoms. The Balaban J connectivity index is 1.69. The summed E-state index contributed by atoms with van der Waals surface area (Å²) in [7, 11) is 3.24. The van der Waals surface area contributed by atoms with Gasteiger partial charge in [0.2, 0.25) is 5.91 Å². The minimum absolute atomic E-state index is 0.0167. The van der Waals surface area contributed by atoms with Gasteiger partial charge in [0.1, 0.15) is 30.0 Å². The molecule has 41 heavy (non-hydrogen) atoms. The summed E-state index contributed by atoms with van der Waals surface area (Å²) in [5.74, 6) is 1.77. The van der Waals surface area contributed by atoms with Gasteiger partial charge in [-0.2, -0.15) is 0 Å². The van der Waals surface area contributed by atoms with Gasteiger partial charge in [-0.1, -0.05) is 35.9 Å². The summed E-state index contributed by atoms with van der Waals surface area (Å²) in [6, 6.07) is 19.9. The number of halogens is 1. The van der Waals surface area contributed by atoms with Crippen molar-refractivity contribution in [2.45, 2.75) is 38.2 Å². The van der Waals surface area contributed by atoms with Crippen LogP contribution < -0.4 is 24.8 Å². The molecule has 3 aromatic carbocycles. The predicted octanol–water partition coefficient (Wildman–Crippen LogP) is 5.08. The van der Waals surface area contributed by atoms with Crippen LogP contribution in [0, 0.1) is 0 Å². The molecular formula is C31H35ClN4O5. The largest absolute Gasteiger partial charge is 0.497 e. The second-order valence-electron chi connectivity index (χ2n) is 10.4. The van der Waals surface area contributed by atoms with E-state index in [1.165, 1.54) is 0 Å². The molecule has 2 aliphatic rings. The first-order valence-corrected chi connectivity index (χ1v) is 14.0. The number of nitrogens with one attached hydrogen (secondary N) is 2. The van der Waals surface area contributed by atoms with Crippen molar-refractivity contribution < 1.29 is 23.8 Å². The molecule has 0 aromatic heterocycles. The van der Waals surface area contributed by atoms with Crippen molar-refractivity contribution in [3.8, 4) is 17.2 Å². The van der Waals surface area contributed by atoms with Crippen LogP contribution >= 0.6 is 11.6 Å². The zero-order valence-electron chi connectivity index (χ0n) is 23.6. The van der Waals surface area contributed by atoms with Crippen molar-refractivity contribution in [2.24, 2.45) is 0 Å². The van der Waals surface area contributed by atoms with E-state index in [0.29, 0.717) is 35.4 Å². The van der Waals surface area contributed by atoms with Gasteiger partial charge in [0.05, 0.1) is 32.4 Å². The van der Waals surface area contributed by atoms with Gasteiger partial charge in [-0.3, -0.25) is 15.0 Å². The number of amides is 3. The SMILES string of the molecule is COc1cccc([C@@H]2NC(c3ccc(OC)cc3OC(C)C)N(C(=O)N3CCNC(=O)C3)[C@@H]2c2ccc(Cl)cc2)c1. The number of urea groups is 1. The monoisotopic (exact) mass is 578 g/mol. The third-order valence-electron chi connectivity index (χ3n) is 7.30. The van der Waals surface area contributed by atoms with Crippen LogP contribution in [0.2, 0.25) is 5.02 Å². The maximum absolute atomic E-state index is 14.5. The van der Waals surface area contributed by atoms with E-state index in [4.69, 9.17) is 25.8 Å². The van der Waals surface area contributed by atoms with E-state index in [1.807, 2.05) is 85.5 Å². The number of carbonyl (C=O) groups is 2. The highest BCUT2D eigenvalue weighted by Crippen LogP contribution is 2.49. The lowest BCUT2D eigenvalue weighted by molar-refractivity contribution is -0.123. The smallest absolute Gasteiger partial charge is 0.322 e. The lowest BCUT2D eigenvalue weighted by Gasteiger charge is -2.37. The molecule has 0 radical (unpaired) electrons. The quantitative estimate of drug-likeness (QED) is 0.406. The number of ether oxygens (including phenoxy) is 3. The first-order chi connectivity index (χ1) is 19.8. The first-order valence-electron chi connectivity index (χ1n) is 13.6. The fourth-order valence-corrected chi connectivity index (χ4v) is 5.57. The zero-order valence-corrected chi connectivity index (χ0v) is 24.4. The summed E-state index contributed by atoms with van der Waals surface area (Å²) in [4.78, 5) is 30.2. The van der Waals surface area contributed by atoms with E-state index in [1.54, 1.807) is 19.1 Å². The molecule has 0 spiro atoms. The Hall–Kier alpha value is -3.95. The van der Waals surface area contributed by atoms with Crippen molar-refractivity contribution in [3.63, 3.8) is 0 Å². The number of methoxy groups -OCH3 is 2. The Morgan fingerprint density at radius 1 is 0.976 bits per heavy atom. The maximum atomic E-state index is 14.5. The second kappa shape index (κ2) is 12.3. The zero-order chi connectivity index (χ0) is 29.1. The first kappa shape index (κ1) is 28.6. The number of hydrogen-bond acceptors (Lipinski definition) is 6. The molecule has 5 rings (SSSR count). The van der Waals surface area contributed by atoms with Crippen molar-refractivity contribution >= 4 is 23.5 Å². The van der Waals surface area contributed by atoms with Gasteiger partial charge in [0, 0.05) is 29.7 Å². The average molecular weight is 579 g/mol. The van der Waals surface area contributed by atoms with E-state index in [9.17, 15) is 9.59 Å². The minimum atomic E-state index is -0.593. The van der Waals surface area contributed by atoms with Crippen molar-refractivity contribution in [3.05, 3.63) is 88.4 Å². The molecule has 1 unspecified atom stereocenters. The number of piperazine rings is 1. The van der Waals surface area contributed by atoms with Crippen LogP contribution in [0.1, 0.15) is 48.8 Å². The molecule has 2 heterocycles. The van der Waals surface area contributed by atoms with Crippen LogP contribution in [0.5, 0.6) is 17.2 Å². The summed E-state index contributed by atoms with van der Waals surface area (Å²) in [5, 5.41) is 7.15. The molecule has 10 heteroatoms.